The van der Waals surface area contributed by atoms with Crippen LogP contribution in [0.25, 0.3) is 0 Å². The van der Waals surface area contributed by atoms with E-state index in [1.165, 1.54) is 28.4 Å². The molecule has 1 fully saturated rings. The molecule has 0 aromatic heterocycles. The molecule has 3 heteroatoms. The van der Waals surface area contributed by atoms with Crippen LogP contribution in [0.3, 0.4) is 0 Å². The number of nitrogens with one attached hydrogen (secondary N) is 2. The molecule has 1 heterocycles. The fourth-order valence-electron chi connectivity index (χ4n) is 2.42. The Morgan fingerprint density at radius 2 is 2.25 bits per heavy atom. The third-order valence-electron chi connectivity index (χ3n) is 3.46. The normalized spacial score (nSPS) is 24.2. The van der Waals surface area contributed by atoms with Crippen molar-refractivity contribution in [2.45, 2.75) is 31.3 Å². The van der Waals surface area contributed by atoms with Gasteiger partial charge in [0.1, 0.15) is 0 Å². The molecule has 0 spiro atoms. The van der Waals surface area contributed by atoms with E-state index in [9.17, 15) is 0 Å². The molecule has 1 unspecified atom stereocenters. The summed E-state index contributed by atoms with van der Waals surface area (Å²) in [6, 6.07) is 7.80. The van der Waals surface area contributed by atoms with Crippen molar-refractivity contribution in [3.8, 4) is 0 Å². The van der Waals surface area contributed by atoms with Gasteiger partial charge in [0.2, 0.25) is 0 Å². The van der Waals surface area contributed by atoms with Crippen LogP contribution in [0.2, 0.25) is 0 Å². The van der Waals surface area contributed by atoms with Crippen LogP contribution in [0.4, 0.5) is 0 Å². The Morgan fingerprint density at radius 3 is 3.06 bits per heavy atom. The smallest absolute Gasteiger partial charge is 0.0460 e. The van der Waals surface area contributed by atoms with E-state index in [1.807, 2.05) is 0 Å². The van der Waals surface area contributed by atoms with Crippen molar-refractivity contribution in [1.82, 2.24) is 10.6 Å². The lowest BCUT2D eigenvalue weighted by Gasteiger charge is -2.28. The first kappa shape index (κ1) is 10.8. The Kier molecular flexibility index (Phi) is 3.01. The monoisotopic (exact) mass is 280 g/mol. The highest BCUT2D eigenvalue weighted by Gasteiger charge is 2.25. The number of hydrogen-bond donors (Lipinski definition) is 2. The Labute approximate surface area is 105 Å². The third-order valence-corrected chi connectivity index (χ3v) is 4.16. The van der Waals surface area contributed by atoms with Crippen molar-refractivity contribution in [3.05, 3.63) is 33.8 Å². The van der Waals surface area contributed by atoms with Crippen LogP contribution in [0.15, 0.2) is 22.7 Å². The van der Waals surface area contributed by atoms with Crippen LogP contribution >= 0.6 is 15.9 Å². The molecule has 16 heavy (non-hydrogen) atoms. The van der Waals surface area contributed by atoms with Gasteiger partial charge in [-0.15, -0.1) is 0 Å². The van der Waals surface area contributed by atoms with E-state index in [1.54, 1.807) is 0 Å². The summed E-state index contributed by atoms with van der Waals surface area (Å²) in [5.74, 6) is 0. The van der Waals surface area contributed by atoms with E-state index in [0.29, 0.717) is 6.04 Å². The largest absolute Gasteiger partial charge is 0.312 e. The summed E-state index contributed by atoms with van der Waals surface area (Å²) in [6.45, 7) is 2.15. The second kappa shape index (κ2) is 4.47. The zero-order chi connectivity index (χ0) is 11.0. The van der Waals surface area contributed by atoms with Gasteiger partial charge in [0.15, 0.2) is 0 Å². The van der Waals surface area contributed by atoms with Crippen LogP contribution in [0.1, 0.15) is 30.0 Å². The van der Waals surface area contributed by atoms with Gasteiger partial charge >= 0.3 is 0 Å². The maximum atomic E-state index is 3.68. The quantitative estimate of drug-likeness (QED) is 0.889. The molecule has 2 aliphatic rings. The first-order chi connectivity index (χ1) is 7.84. The van der Waals surface area contributed by atoms with Gasteiger partial charge in [-0.3, -0.25) is 0 Å². The molecule has 0 amide bonds. The number of rotatable bonds is 3. The zero-order valence-corrected chi connectivity index (χ0v) is 10.9. The second-order valence-electron chi connectivity index (χ2n) is 4.75. The number of hydrogen-bond acceptors (Lipinski definition) is 2. The van der Waals surface area contributed by atoms with Crippen molar-refractivity contribution < 1.29 is 0 Å². The minimum atomic E-state index is 0.472. The van der Waals surface area contributed by atoms with Gasteiger partial charge in [0, 0.05) is 23.1 Å². The van der Waals surface area contributed by atoms with Crippen LogP contribution in [-0.2, 0) is 6.42 Å². The van der Waals surface area contributed by atoms with E-state index < -0.39 is 0 Å². The van der Waals surface area contributed by atoms with Crippen molar-refractivity contribution in [2.24, 2.45) is 0 Å². The van der Waals surface area contributed by atoms with E-state index in [4.69, 9.17) is 0 Å². The molecule has 0 saturated heterocycles. The molecule has 3 rings (SSSR count). The maximum absolute atomic E-state index is 3.68. The van der Waals surface area contributed by atoms with E-state index in [0.717, 1.165) is 25.6 Å². The first-order valence-electron chi connectivity index (χ1n) is 6.08. The average molecular weight is 281 g/mol. The van der Waals surface area contributed by atoms with Crippen molar-refractivity contribution in [3.63, 3.8) is 0 Å². The van der Waals surface area contributed by atoms with E-state index >= 15 is 0 Å². The van der Waals surface area contributed by atoms with Crippen LogP contribution in [-0.4, -0.2) is 19.1 Å². The van der Waals surface area contributed by atoms with Crippen molar-refractivity contribution >= 4 is 15.9 Å². The van der Waals surface area contributed by atoms with Gasteiger partial charge < -0.3 is 10.6 Å². The fourth-order valence-corrected chi connectivity index (χ4v) is 3.10. The topological polar surface area (TPSA) is 24.1 Å². The van der Waals surface area contributed by atoms with Crippen molar-refractivity contribution in [2.75, 3.05) is 13.1 Å². The maximum Gasteiger partial charge on any atom is 0.0460 e. The Hall–Kier alpha value is -0.380. The van der Waals surface area contributed by atoms with Crippen molar-refractivity contribution in [1.29, 1.82) is 0 Å². The van der Waals surface area contributed by atoms with Gasteiger partial charge in [-0.1, -0.05) is 28.1 Å². The van der Waals surface area contributed by atoms with E-state index in [-0.39, 0.29) is 0 Å². The minimum Gasteiger partial charge on any atom is -0.312 e. The zero-order valence-electron chi connectivity index (χ0n) is 9.30. The molecule has 2 N–H and O–H groups in total. The average Bonchev–Trinajstić information content (AvgIpc) is 3.10. The summed E-state index contributed by atoms with van der Waals surface area (Å²) >= 11 is 3.68. The predicted octanol–water partition coefficient (Wildman–Crippen LogP) is 2.39. The highest BCUT2D eigenvalue weighted by atomic mass is 79.9. The second-order valence-corrected chi connectivity index (χ2v) is 5.61. The van der Waals surface area contributed by atoms with Gasteiger partial charge in [-0.25, -0.2) is 0 Å². The van der Waals surface area contributed by atoms with Gasteiger partial charge in [0.25, 0.3) is 0 Å². The third kappa shape index (κ3) is 2.17. The minimum absolute atomic E-state index is 0.472. The summed E-state index contributed by atoms with van der Waals surface area (Å²) in [6.07, 6.45) is 3.86. The standard InChI is InChI=1S/C13H17BrN2/c14-11-3-1-2-9-6-7-15-12(13(9)11)8-16-10-4-5-10/h1-3,10,12,15-16H,4-8H2. The number of benzene rings is 1. The highest BCUT2D eigenvalue weighted by Crippen LogP contribution is 2.30. The Balaban J connectivity index is 1.80. The molecule has 2 nitrogen and oxygen atoms in total. The lowest BCUT2D eigenvalue weighted by atomic mass is 9.94. The van der Waals surface area contributed by atoms with Gasteiger partial charge in [0.05, 0.1) is 0 Å². The Morgan fingerprint density at radius 1 is 1.38 bits per heavy atom. The molecule has 86 valence electrons. The Bertz CT molecular complexity index is 388. The molecule has 1 aliphatic carbocycles. The molecule has 1 atom stereocenters. The molecule has 1 aromatic rings. The lowest BCUT2D eigenvalue weighted by molar-refractivity contribution is 0.465. The molecule has 0 bridgehead atoms. The summed E-state index contributed by atoms with van der Waals surface area (Å²) in [5, 5.41) is 7.22. The van der Waals surface area contributed by atoms with E-state index in [2.05, 4.69) is 44.8 Å². The van der Waals surface area contributed by atoms with Crippen LogP contribution in [0, 0.1) is 0 Å². The van der Waals surface area contributed by atoms with Gasteiger partial charge in [-0.05, 0) is 43.0 Å². The van der Waals surface area contributed by atoms with Crippen LogP contribution in [0.5, 0.6) is 0 Å². The van der Waals surface area contributed by atoms with Crippen LogP contribution < -0.4 is 10.6 Å². The molecular weight excluding hydrogens is 264 g/mol. The summed E-state index contributed by atoms with van der Waals surface area (Å²) in [4.78, 5) is 0. The summed E-state index contributed by atoms with van der Waals surface area (Å²) < 4.78 is 1.25. The highest BCUT2D eigenvalue weighted by molar-refractivity contribution is 9.10. The summed E-state index contributed by atoms with van der Waals surface area (Å²) in [5.41, 5.74) is 2.96. The molecule has 1 saturated carbocycles. The molecule has 1 aromatic carbocycles. The SMILES string of the molecule is Brc1cccc2c1C(CNC1CC1)NCC2. The van der Waals surface area contributed by atoms with Gasteiger partial charge in [-0.2, -0.15) is 0 Å². The molecule has 1 aliphatic heterocycles. The molecule has 0 radical (unpaired) electrons. The predicted molar refractivity (Wildman–Crippen MR) is 69.6 cm³/mol. The summed E-state index contributed by atoms with van der Waals surface area (Å²) in [7, 11) is 0. The number of halogens is 1. The first-order valence-corrected chi connectivity index (χ1v) is 6.88. The fraction of sp³-hybridized carbons (Fsp3) is 0.538. The molecular formula is C13H17BrN2. The number of fused-ring (bicyclic) bond motifs is 1. The lowest BCUT2D eigenvalue weighted by Crippen LogP contribution is -2.37.